The van der Waals surface area contributed by atoms with Gasteiger partial charge in [-0.05, 0) is 43.6 Å². The molecule has 3 amide bonds. The summed E-state index contributed by atoms with van der Waals surface area (Å²) in [7, 11) is 0. The van der Waals surface area contributed by atoms with Gasteiger partial charge in [-0.3, -0.25) is 9.59 Å². The van der Waals surface area contributed by atoms with Crippen LogP contribution in [0, 0.1) is 5.92 Å². The maximum atomic E-state index is 12.8. The average molecular weight is 436 g/mol. The summed E-state index contributed by atoms with van der Waals surface area (Å²) in [4.78, 5) is 37.4. The zero-order valence-corrected chi connectivity index (χ0v) is 18.9. The van der Waals surface area contributed by atoms with E-state index in [0.717, 1.165) is 18.4 Å². The fourth-order valence-electron chi connectivity index (χ4n) is 2.98. The Hall–Kier alpha value is -2.61. The fraction of sp³-hybridized carbons (Fsp3) is 0.609. The summed E-state index contributed by atoms with van der Waals surface area (Å²) in [6, 6.07) is 7.81. The number of hydrogen-bond acceptors (Lipinski definition) is 5. The highest BCUT2D eigenvalue weighted by atomic mass is 16.5. The number of rotatable bonds is 14. The zero-order chi connectivity index (χ0) is 23.1. The number of ether oxygens (including phenoxy) is 1. The molecule has 8 heteroatoms. The fourth-order valence-corrected chi connectivity index (χ4v) is 2.98. The third kappa shape index (κ3) is 11.4. The Morgan fingerprint density at radius 2 is 1.68 bits per heavy atom. The first-order valence-electron chi connectivity index (χ1n) is 11.0. The van der Waals surface area contributed by atoms with Crippen LogP contribution in [0.25, 0.3) is 0 Å². The molecule has 8 nitrogen and oxygen atoms in total. The summed E-state index contributed by atoms with van der Waals surface area (Å²) in [5, 5.41) is 17.0. The van der Waals surface area contributed by atoms with E-state index in [2.05, 4.69) is 16.0 Å². The Morgan fingerprint density at radius 1 is 0.968 bits per heavy atom. The first-order chi connectivity index (χ1) is 14.9. The van der Waals surface area contributed by atoms with Crippen molar-refractivity contribution in [1.29, 1.82) is 0 Å². The highest BCUT2D eigenvalue weighted by Crippen LogP contribution is 2.07. The minimum atomic E-state index is -0.797. The van der Waals surface area contributed by atoms with Crippen LogP contribution >= 0.6 is 0 Å². The first kappa shape index (κ1) is 26.4. The van der Waals surface area contributed by atoms with Gasteiger partial charge in [0.15, 0.2) is 0 Å². The predicted octanol–water partition coefficient (Wildman–Crippen LogP) is 2.50. The molecule has 0 fully saturated rings. The summed E-state index contributed by atoms with van der Waals surface area (Å²) in [6.07, 6.45) is 2.47. The Balaban J connectivity index is 2.58. The van der Waals surface area contributed by atoms with Crippen LogP contribution in [-0.2, 0) is 20.9 Å². The molecular weight excluding hydrogens is 398 g/mol. The lowest BCUT2D eigenvalue weighted by Crippen LogP contribution is -2.54. The zero-order valence-electron chi connectivity index (χ0n) is 18.9. The molecule has 0 heterocycles. The summed E-state index contributed by atoms with van der Waals surface area (Å²) < 4.78 is 5.23. The van der Waals surface area contributed by atoms with Crippen LogP contribution in [0.5, 0.6) is 0 Å². The second kappa shape index (κ2) is 15.2. The molecule has 0 radical (unpaired) electrons. The van der Waals surface area contributed by atoms with Gasteiger partial charge in [-0.15, -0.1) is 0 Å². The lowest BCUT2D eigenvalue weighted by molar-refractivity contribution is -0.130. The van der Waals surface area contributed by atoms with Crippen LogP contribution in [-0.4, -0.2) is 48.2 Å². The van der Waals surface area contributed by atoms with Gasteiger partial charge in [-0.2, -0.15) is 0 Å². The molecule has 1 rings (SSSR count). The summed E-state index contributed by atoms with van der Waals surface area (Å²) >= 11 is 0. The Morgan fingerprint density at radius 3 is 2.29 bits per heavy atom. The maximum absolute atomic E-state index is 12.8. The Bertz CT molecular complexity index is 666. The Labute approximate surface area is 185 Å². The molecule has 0 aliphatic carbocycles. The number of carbonyl (C=O) groups excluding carboxylic acids is 3. The molecular formula is C23H37N3O5. The first-order valence-corrected chi connectivity index (χ1v) is 11.0. The third-order valence-electron chi connectivity index (χ3n) is 4.70. The van der Waals surface area contributed by atoms with E-state index in [9.17, 15) is 14.4 Å². The monoisotopic (exact) mass is 435 g/mol. The summed E-state index contributed by atoms with van der Waals surface area (Å²) in [6.45, 7) is 6.46. The molecule has 0 saturated carbocycles. The topological polar surface area (TPSA) is 117 Å². The lowest BCUT2D eigenvalue weighted by atomic mass is 10.0. The highest BCUT2D eigenvalue weighted by molar-refractivity contribution is 5.91. The molecule has 0 spiro atoms. The number of aliphatic hydroxyl groups is 1. The van der Waals surface area contributed by atoms with E-state index in [0.29, 0.717) is 25.8 Å². The molecule has 0 unspecified atom stereocenters. The van der Waals surface area contributed by atoms with Crippen LogP contribution in [0.3, 0.4) is 0 Å². The standard InChI is InChI=1S/C23H37N3O5/c1-4-19(21(28)24-13-9-6-10-14-27)25-22(29)20(15-17(2)3)26-23(30)31-16-18-11-7-5-8-12-18/h5,7-8,11-12,17,19-20,27H,4,6,9-10,13-16H2,1-3H3,(H,24,28)(H,25,29)(H,26,30)/t19-,20-/m0/s1. The van der Waals surface area contributed by atoms with Crippen molar-refractivity contribution in [2.75, 3.05) is 13.2 Å². The van der Waals surface area contributed by atoms with E-state index in [-0.39, 0.29) is 25.0 Å². The Kier molecular flexibility index (Phi) is 13.0. The van der Waals surface area contributed by atoms with Gasteiger partial charge in [0.1, 0.15) is 18.7 Å². The molecule has 31 heavy (non-hydrogen) atoms. The van der Waals surface area contributed by atoms with Crippen molar-refractivity contribution in [3.8, 4) is 0 Å². The number of nitrogens with one attached hydrogen (secondary N) is 3. The van der Waals surface area contributed by atoms with Crippen molar-refractivity contribution in [1.82, 2.24) is 16.0 Å². The summed E-state index contributed by atoms with van der Waals surface area (Å²) in [5.41, 5.74) is 0.851. The van der Waals surface area contributed by atoms with Crippen LogP contribution in [0.15, 0.2) is 30.3 Å². The van der Waals surface area contributed by atoms with Gasteiger partial charge in [-0.1, -0.05) is 51.1 Å². The van der Waals surface area contributed by atoms with E-state index >= 15 is 0 Å². The van der Waals surface area contributed by atoms with Gasteiger partial charge in [0.05, 0.1) is 0 Å². The van der Waals surface area contributed by atoms with Crippen molar-refractivity contribution in [3.05, 3.63) is 35.9 Å². The SMILES string of the molecule is CC[C@H](NC(=O)[C@H](CC(C)C)NC(=O)OCc1ccccc1)C(=O)NCCCCCO. The van der Waals surface area contributed by atoms with E-state index in [1.807, 2.05) is 51.1 Å². The van der Waals surface area contributed by atoms with Gasteiger partial charge < -0.3 is 25.8 Å². The molecule has 0 aliphatic heterocycles. The number of alkyl carbamates (subject to hydrolysis) is 1. The smallest absolute Gasteiger partial charge is 0.408 e. The van der Waals surface area contributed by atoms with E-state index < -0.39 is 24.1 Å². The molecule has 1 aromatic carbocycles. The maximum Gasteiger partial charge on any atom is 0.408 e. The molecule has 0 bridgehead atoms. The molecule has 4 N–H and O–H groups in total. The molecule has 2 atom stereocenters. The van der Waals surface area contributed by atoms with E-state index in [1.54, 1.807) is 0 Å². The van der Waals surface area contributed by atoms with Crippen molar-refractivity contribution in [3.63, 3.8) is 0 Å². The molecule has 0 saturated heterocycles. The van der Waals surface area contributed by atoms with Crippen LogP contribution in [0.2, 0.25) is 0 Å². The number of amides is 3. The second-order valence-corrected chi connectivity index (χ2v) is 7.93. The lowest BCUT2D eigenvalue weighted by Gasteiger charge is -2.23. The van der Waals surface area contributed by atoms with Crippen LogP contribution < -0.4 is 16.0 Å². The van der Waals surface area contributed by atoms with Crippen molar-refractivity contribution in [2.24, 2.45) is 5.92 Å². The normalized spacial score (nSPS) is 12.7. The van der Waals surface area contributed by atoms with Crippen molar-refractivity contribution < 1.29 is 24.2 Å². The molecule has 0 aromatic heterocycles. The molecule has 1 aromatic rings. The van der Waals surface area contributed by atoms with Gasteiger partial charge >= 0.3 is 6.09 Å². The van der Waals surface area contributed by atoms with E-state index in [4.69, 9.17) is 9.84 Å². The van der Waals surface area contributed by atoms with Gasteiger partial charge in [0.2, 0.25) is 11.8 Å². The summed E-state index contributed by atoms with van der Waals surface area (Å²) in [5.74, 6) is -0.506. The molecule has 0 aliphatic rings. The van der Waals surface area contributed by atoms with Crippen LogP contribution in [0.1, 0.15) is 58.4 Å². The van der Waals surface area contributed by atoms with Crippen molar-refractivity contribution in [2.45, 2.75) is 71.6 Å². The minimum Gasteiger partial charge on any atom is -0.445 e. The third-order valence-corrected chi connectivity index (χ3v) is 4.70. The van der Waals surface area contributed by atoms with Crippen LogP contribution in [0.4, 0.5) is 4.79 Å². The van der Waals surface area contributed by atoms with Gasteiger partial charge in [0.25, 0.3) is 0 Å². The minimum absolute atomic E-state index is 0.110. The van der Waals surface area contributed by atoms with E-state index in [1.165, 1.54) is 0 Å². The average Bonchev–Trinajstić information content (AvgIpc) is 2.75. The molecule has 174 valence electrons. The highest BCUT2D eigenvalue weighted by Gasteiger charge is 2.26. The van der Waals surface area contributed by atoms with Gasteiger partial charge in [-0.25, -0.2) is 4.79 Å². The number of unbranched alkanes of at least 4 members (excludes halogenated alkanes) is 2. The number of benzene rings is 1. The number of hydrogen-bond donors (Lipinski definition) is 4. The van der Waals surface area contributed by atoms with Gasteiger partial charge in [0, 0.05) is 13.2 Å². The number of aliphatic hydroxyl groups excluding tert-OH is 1. The predicted molar refractivity (Wildman–Crippen MR) is 119 cm³/mol. The number of carbonyl (C=O) groups is 3. The second-order valence-electron chi connectivity index (χ2n) is 7.93. The quantitative estimate of drug-likeness (QED) is 0.335. The van der Waals surface area contributed by atoms with Crippen molar-refractivity contribution >= 4 is 17.9 Å². The largest absolute Gasteiger partial charge is 0.445 e.